The molecule has 8 rings (SSSR count). The molecule has 2 saturated heterocycles. The number of carboxylic acid groups (broad SMARTS) is 1. The van der Waals surface area contributed by atoms with Crippen molar-refractivity contribution < 1.29 is 19.4 Å². The lowest BCUT2D eigenvalue weighted by molar-refractivity contribution is -0.0592. The van der Waals surface area contributed by atoms with Crippen LogP contribution in [0.4, 0.5) is 0 Å². The molecular weight excluding hydrogens is 550 g/mol. The van der Waals surface area contributed by atoms with Crippen LogP contribution in [0.25, 0.3) is 21.3 Å². The van der Waals surface area contributed by atoms with E-state index in [1.807, 2.05) is 30.3 Å². The average molecular weight is 582 g/mol. The Morgan fingerprint density at radius 3 is 2.81 bits per heavy atom. The summed E-state index contributed by atoms with van der Waals surface area (Å²) in [5, 5.41) is 10.5. The number of fused-ring (bicyclic) bond motifs is 3. The normalized spacial score (nSPS) is 23.5. The van der Waals surface area contributed by atoms with Crippen molar-refractivity contribution in [1.29, 1.82) is 0 Å². The maximum Gasteiger partial charge on any atom is 0.335 e. The van der Waals surface area contributed by atoms with Crippen molar-refractivity contribution in [2.75, 3.05) is 19.7 Å². The molecule has 2 aromatic carbocycles. The van der Waals surface area contributed by atoms with Crippen LogP contribution in [0.3, 0.4) is 0 Å². The molecule has 10 heteroatoms. The number of hydrogen-bond acceptors (Lipinski definition) is 8. The quantitative estimate of drug-likeness (QED) is 0.251. The van der Waals surface area contributed by atoms with E-state index in [2.05, 4.69) is 32.7 Å². The van der Waals surface area contributed by atoms with Crippen LogP contribution in [0.5, 0.6) is 5.88 Å². The number of likely N-dealkylation sites (tertiary alicyclic amines) is 1. The molecule has 0 unspecified atom stereocenters. The van der Waals surface area contributed by atoms with Gasteiger partial charge >= 0.3 is 5.97 Å². The number of carbonyl (C=O) groups is 1. The minimum atomic E-state index is -0.924. The van der Waals surface area contributed by atoms with E-state index in [9.17, 15) is 9.90 Å². The highest BCUT2D eigenvalue weighted by molar-refractivity contribution is 7.18. The number of para-hydroxylation sites is 1. The Bertz CT molecular complexity index is 1780. The molecule has 214 valence electrons. The zero-order valence-electron chi connectivity index (χ0n) is 23.1. The monoisotopic (exact) mass is 581 g/mol. The summed E-state index contributed by atoms with van der Waals surface area (Å²) in [6.07, 6.45) is 3.35. The van der Waals surface area contributed by atoms with E-state index in [4.69, 9.17) is 19.4 Å². The third-order valence-electron chi connectivity index (χ3n) is 9.12. The summed E-state index contributed by atoms with van der Waals surface area (Å²) in [6, 6.07) is 19.5. The molecule has 2 aliphatic heterocycles. The van der Waals surface area contributed by atoms with Crippen LogP contribution >= 0.6 is 11.3 Å². The molecule has 3 fully saturated rings. The number of hydrogen-bond donors (Lipinski definition) is 1. The van der Waals surface area contributed by atoms with Gasteiger partial charge in [-0.25, -0.2) is 19.7 Å². The van der Waals surface area contributed by atoms with Gasteiger partial charge in [0, 0.05) is 24.6 Å². The third-order valence-corrected chi connectivity index (χ3v) is 10.1. The summed E-state index contributed by atoms with van der Waals surface area (Å²) in [5.41, 5.74) is 4.23. The number of aromatic nitrogens is 4. The average Bonchev–Trinajstić information content (AvgIpc) is 3.41. The molecule has 1 aliphatic carbocycles. The highest BCUT2D eigenvalue weighted by Crippen LogP contribution is 2.59. The van der Waals surface area contributed by atoms with Crippen LogP contribution in [0, 0.1) is 5.92 Å². The zero-order valence-corrected chi connectivity index (χ0v) is 23.9. The van der Waals surface area contributed by atoms with E-state index in [1.54, 1.807) is 23.5 Å². The number of piperidine rings is 1. The predicted molar refractivity (Wildman–Crippen MR) is 159 cm³/mol. The van der Waals surface area contributed by atoms with Crippen LogP contribution in [0.2, 0.25) is 0 Å². The lowest BCUT2D eigenvalue weighted by Crippen LogP contribution is -2.37. The van der Waals surface area contributed by atoms with Crippen LogP contribution in [0.15, 0.2) is 60.7 Å². The molecule has 5 heterocycles. The molecule has 1 N–H and O–H groups in total. The first-order valence-corrected chi connectivity index (χ1v) is 15.4. The second-order valence-electron chi connectivity index (χ2n) is 11.7. The van der Waals surface area contributed by atoms with Crippen molar-refractivity contribution in [2.45, 2.75) is 50.5 Å². The largest absolute Gasteiger partial charge is 0.478 e. The summed E-state index contributed by atoms with van der Waals surface area (Å²) in [6.45, 7) is 4.57. The van der Waals surface area contributed by atoms with E-state index >= 15 is 0 Å². The summed E-state index contributed by atoms with van der Waals surface area (Å²) >= 11 is 1.66. The van der Waals surface area contributed by atoms with Gasteiger partial charge in [-0.3, -0.25) is 4.90 Å². The van der Waals surface area contributed by atoms with Gasteiger partial charge < -0.3 is 19.1 Å². The Hall–Kier alpha value is -3.86. The minimum Gasteiger partial charge on any atom is -0.478 e. The van der Waals surface area contributed by atoms with Crippen molar-refractivity contribution in [1.82, 2.24) is 24.4 Å². The van der Waals surface area contributed by atoms with Crippen LogP contribution in [-0.4, -0.2) is 61.3 Å². The second kappa shape index (κ2) is 10.1. The number of rotatable bonds is 9. The zero-order chi connectivity index (χ0) is 28.3. The fourth-order valence-electron chi connectivity index (χ4n) is 6.62. The van der Waals surface area contributed by atoms with Crippen molar-refractivity contribution in [3.8, 4) is 5.88 Å². The van der Waals surface area contributed by atoms with Gasteiger partial charge in [0.05, 0.1) is 51.7 Å². The fraction of sp³-hybridized carbons (Fsp3) is 0.375. The van der Waals surface area contributed by atoms with Gasteiger partial charge in [-0.1, -0.05) is 18.2 Å². The topological polar surface area (TPSA) is 103 Å². The lowest BCUT2D eigenvalue weighted by Gasteiger charge is -2.32. The predicted octanol–water partition coefficient (Wildman–Crippen LogP) is 5.27. The first-order chi connectivity index (χ1) is 20.5. The van der Waals surface area contributed by atoms with Gasteiger partial charge in [0.25, 0.3) is 0 Å². The Morgan fingerprint density at radius 1 is 1.10 bits per heavy atom. The Balaban J connectivity index is 0.960. The second-order valence-corrected chi connectivity index (χ2v) is 12.8. The number of ether oxygens (including phenoxy) is 2. The number of pyridine rings is 1. The molecule has 3 aliphatic rings. The molecule has 3 aromatic heterocycles. The third kappa shape index (κ3) is 4.63. The van der Waals surface area contributed by atoms with Crippen molar-refractivity contribution in [3.63, 3.8) is 0 Å². The SMILES string of the molecule is O=C(O)c1ccc2nc(CN3CC[C@]4(c5cccc(OCc6nc7ccccc7s6)n5)C[C@@H]4C3)n(C[C@@H]3CCO3)c2c1. The Morgan fingerprint density at radius 2 is 2.00 bits per heavy atom. The number of benzene rings is 2. The summed E-state index contributed by atoms with van der Waals surface area (Å²) in [5.74, 6) is 1.25. The van der Waals surface area contributed by atoms with Gasteiger partial charge in [0.2, 0.25) is 5.88 Å². The van der Waals surface area contributed by atoms with Crippen molar-refractivity contribution in [2.24, 2.45) is 5.92 Å². The summed E-state index contributed by atoms with van der Waals surface area (Å²) in [4.78, 5) is 28.7. The first kappa shape index (κ1) is 25.8. The van der Waals surface area contributed by atoms with Gasteiger partial charge in [0.1, 0.15) is 17.4 Å². The van der Waals surface area contributed by atoms with Gasteiger partial charge in [-0.15, -0.1) is 11.3 Å². The minimum absolute atomic E-state index is 0.113. The van der Waals surface area contributed by atoms with E-state index in [1.165, 1.54) is 4.70 Å². The number of carboxylic acids is 1. The smallest absolute Gasteiger partial charge is 0.335 e. The van der Waals surface area contributed by atoms with E-state index in [0.29, 0.717) is 24.9 Å². The molecule has 0 amide bonds. The number of aromatic carboxylic acids is 1. The highest BCUT2D eigenvalue weighted by atomic mass is 32.1. The molecule has 0 radical (unpaired) electrons. The molecule has 9 nitrogen and oxygen atoms in total. The number of thiazole rings is 1. The Labute approximate surface area is 246 Å². The maximum absolute atomic E-state index is 11.6. The first-order valence-electron chi connectivity index (χ1n) is 14.6. The van der Waals surface area contributed by atoms with E-state index in [-0.39, 0.29) is 17.1 Å². The maximum atomic E-state index is 11.6. The highest BCUT2D eigenvalue weighted by Gasteiger charge is 2.58. The Kier molecular flexibility index (Phi) is 6.24. The molecule has 0 spiro atoms. The van der Waals surface area contributed by atoms with Gasteiger partial charge in [-0.05, 0) is 68.1 Å². The molecular formula is C32H31N5O4S. The van der Waals surface area contributed by atoms with Crippen LogP contribution < -0.4 is 4.74 Å². The molecule has 0 bridgehead atoms. The number of nitrogens with zero attached hydrogens (tertiary/aromatic N) is 5. The molecule has 1 saturated carbocycles. The summed E-state index contributed by atoms with van der Waals surface area (Å²) < 4.78 is 15.2. The molecule has 5 aromatic rings. The van der Waals surface area contributed by atoms with E-state index in [0.717, 1.165) is 78.6 Å². The standard InChI is InChI=1S/C32H31N5O4S/c38-31(39)20-8-9-23-25(14-20)37(17-22-10-13-40-22)28(33-23)18-36-12-11-32(15-21(32)16-36)27-6-3-7-29(35-27)41-19-30-34-24-4-1-2-5-26(24)42-30/h1-9,14,21-22H,10-13,15-19H2,(H,38,39)/t21-,22+,32+/m1/s1. The molecule has 3 atom stereocenters. The van der Waals surface area contributed by atoms with Crippen LogP contribution in [0.1, 0.15) is 46.1 Å². The van der Waals surface area contributed by atoms with Gasteiger partial charge in [0.15, 0.2) is 0 Å². The molecule has 42 heavy (non-hydrogen) atoms. The fourth-order valence-corrected chi connectivity index (χ4v) is 7.50. The van der Waals surface area contributed by atoms with E-state index < -0.39 is 5.97 Å². The number of imidazole rings is 1. The van der Waals surface area contributed by atoms with Crippen LogP contribution in [-0.2, 0) is 29.8 Å². The summed E-state index contributed by atoms with van der Waals surface area (Å²) in [7, 11) is 0. The van der Waals surface area contributed by atoms with Crippen molar-refractivity contribution >= 4 is 38.6 Å². The van der Waals surface area contributed by atoms with Crippen molar-refractivity contribution in [3.05, 3.63) is 82.8 Å². The van der Waals surface area contributed by atoms with Gasteiger partial charge in [-0.2, -0.15) is 0 Å². The lowest BCUT2D eigenvalue weighted by atomic mass is 9.91.